The Morgan fingerprint density at radius 2 is 1.76 bits per heavy atom. The molecular weight excluding hydrogens is 388 g/mol. The van der Waals surface area contributed by atoms with Crippen molar-refractivity contribution in [2.45, 2.75) is 6.54 Å². The van der Waals surface area contributed by atoms with Gasteiger partial charge in [0, 0.05) is 0 Å². The highest BCUT2D eigenvalue weighted by Crippen LogP contribution is 2.20. The standard InChI is InChI=1S/C22H18N2O4S/c1-27-21(26)13-24-18-8-4-5-9-19(18)29-22(24)23-20(25)14-28-17-11-10-15-6-2-3-7-16(15)12-17/h2-12H,13-14H2,1H3. The lowest BCUT2D eigenvalue weighted by Crippen LogP contribution is -2.23. The number of nitrogens with zero attached hydrogens (tertiary/aromatic N) is 2. The molecule has 0 unspecified atom stereocenters. The Labute approximate surface area is 170 Å². The Morgan fingerprint density at radius 1 is 1.00 bits per heavy atom. The predicted octanol–water partition coefficient (Wildman–Crippen LogP) is 3.54. The van der Waals surface area contributed by atoms with Crippen molar-refractivity contribution in [3.05, 3.63) is 71.5 Å². The van der Waals surface area contributed by atoms with Crippen LogP contribution in [-0.2, 0) is 20.9 Å². The number of hydrogen-bond donors (Lipinski definition) is 0. The second-order valence-corrected chi connectivity index (χ2v) is 7.33. The van der Waals surface area contributed by atoms with Gasteiger partial charge >= 0.3 is 5.97 Å². The minimum atomic E-state index is -0.427. The molecule has 0 bridgehead atoms. The molecule has 3 aromatic carbocycles. The maximum Gasteiger partial charge on any atom is 0.325 e. The van der Waals surface area contributed by atoms with Crippen LogP contribution in [-0.4, -0.2) is 30.2 Å². The molecule has 4 aromatic rings. The highest BCUT2D eigenvalue weighted by molar-refractivity contribution is 7.16. The van der Waals surface area contributed by atoms with E-state index < -0.39 is 11.9 Å². The van der Waals surface area contributed by atoms with Crippen LogP contribution in [0, 0.1) is 0 Å². The van der Waals surface area contributed by atoms with Gasteiger partial charge in [0.15, 0.2) is 11.4 Å². The molecule has 6 nitrogen and oxygen atoms in total. The number of para-hydroxylation sites is 1. The molecule has 4 rings (SSSR count). The van der Waals surface area contributed by atoms with Crippen molar-refractivity contribution < 1.29 is 19.1 Å². The molecule has 0 spiro atoms. The van der Waals surface area contributed by atoms with Crippen molar-refractivity contribution >= 4 is 44.2 Å². The predicted molar refractivity (Wildman–Crippen MR) is 112 cm³/mol. The first kappa shape index (κ1) is 18.9. The summed E-state index contributed by atoms with van der Waals surface area (Å²) in [5.41, 5.74) is 0.824. The highest BCUT2D eigenvalue weighted by Gasteiger charge is 2.11. The van der Waals surface area contributed by atoms with Crippen LogP contribution in [0.5, 0.6) is 5.75 Å². The molecule has 146 valence electrons. The average Bonchev–Trinajstić information content (AvgIpc) is 3.08. The molecule has 0 saturated heterocycles. The third-order valence-electron chi connectivity index (χ3n) is 4.41. The Bertz CT molecular complexity index is 1270. The van der Waals surface area contributed by atoms with Crippen LogP contribution in [0.3, 0.4) is 0 Å². The monoisotopic (exact) mass is 406 g/mol. The van der Waals surface area contributed by atoms with Crippen molar-refractivity contribution in [3.63, 3.8) is 0 Å². The summed E-state index contributed by atoms with van der Waals surface area (Å²) in [5, 5.41) is 2.14. The highest BCUT2D eigenvalue weighted by atomic mass is 32.1. The SMILES string of the molecule is COC(=O)Cn1c(=NC(=O)COc2ccc3ccccc3c2)sc2ccccc21. The molecule has 0 atom stereocenters. The summed E-state index contributed by atoms with van der Waals surface area (Å²) in [6.07, 6.45) is 0. The normalized spacial score (nSPS) is 11.7. The summed E-state index contributed by atoms with van der Waals surface area (Å²) in [6, 6.07) is 21.2. The number of thiazole rings is 1. The summed E-state index contributed by atoms with van der Waals surface area (Å²) in [4.78, 5) is 28.8. The Morgan fingerprint density at radius 3 is 2.59 bits per heavy atom. The number of rotatable bonds is 5. The molecule has 0 radical (unpaired) electrons. The van der Waals surface area contributed by atoms with Crippen LogP contribution in [0.15, 0.2) is 71.7 Å². The number of carbonyl (C=O) groups is 2. The minimum Gasteiger partial charge on any atom is -0.484 e. The van der Waals surface area contributed by atoms with Gasteiger partial charge in [-0.1, -0.05) is 53.8 Å². The molecule has 1 heterocycles. The lowest BCUT2D eigenvalue weighted by atomic mass is 10.1. The van der Waals surface area contributed by atoms with E-state index in [0.717, 1.165) is 21.0 Å². The summed E-state index contributed by atoms with van der Waals surface area (Å²) in [6.45, 7) is -0.205. The summed E-state index contributed by atoms with van der Waals surface area (Å²) in [5.74, 6) is -0.232. The van der Waals surface area contributed by atoms with E-state index in [4.69, 9.17) is 9.47 Å². The van der Waals surface area contributed by atoms with Gasteiger partial charge < -0.3 is 14.0 Å². The fraction of sp³-hybridized carbons (Fsp3) is 0.136. The van der Waals surface area contributed by atoms with Crippen LogP contribution in [0.4, 0.5) is 0 Å². The largest absolute Gasteiger partial charge is 0.484 e. The van der Waals surface area contributed by atoms with Crippen LogP contribution in [0.25, 0.3) is 21.0 Å². The number of amides is 1. The lowest BCUT2D eigenvalue weighted by Gasteiger charge is -2.05. The lowest BCUT2D eigenvalue weighted by molar-refractivity contribution is -0.141. The molecule has 0 aliphatic heterocycles. The third-order valence-corrected chi connectivity index (χ3v) is 5.47. The van der Waals surface area contributed by atoms with E-state index in [1.807, 2.05) is 66.7 Å². The molecule has 0 N–H and O–H groups in total. The summed E-state index contributed by atoms with van der Waals surface area (Å²) >= 11 is 1.34. The molecule has 29 heavy (non-hydrogen) atoms. The number of esters is 1. The van der Waals surface area contributed by atoms with Gasteiger partial charge in [0.05, 0.1) is 17.3 Å². The van der Waals surface area contributed by atoms with E-state index in [1.54, 1.807) is 4.57 Å². The number of methoxy groups -OCH3 is 1. The molecule has 1 amide bonds. The Hall–Kier alpha value is -3.45. The van der Waals surface area contributed by atoms with Gasteiger partial charge in [-0.25, -0.2) is 0 Å². The van der Waals surface area contributed by atoms with Gasteiger partial charge in [-0.3, -0.25) is 9.59 Å². The first-order valence-electron chi connectivity index (χ1n) is 8.98. The van der Waals surface area contributed by atoms with Crippen molar-refractivity contribution in [1.29, 1.82) is 0 Å². The van der Waals surface area contributed by atoms with Crippen molar-refractivity contribution in [3.8, 4) is 5.75 Å². The molecular formula is C22H18N2O4S. The number of benzene rings is 3. The van der Waals surface area contributed by atoms with E-state index in [-0.39, 0.29) is 13.2 Å². The van der Waals surface area contributed by atoms with Gasteiger partial charge in [0.1, 0.15) is 12.3 Å². The van der Waals surface area contributed by atoms with Gasteiger partial charge in [0.2, 0.25) is 0 Å². The van der Waals surface area contributed by atoms with Crippen LogP contribution >= 0.6 is 11.3 Å². The molecule has 0 saturated carbocycles. The number of aromatic nitrogens is 1. The van der Waals surface area contributed by atoms with Gasteiger partial charge in [0.25, 0.3) is 5.91 Å². The van der Waals surface area contributed by atoms with E-state index in [9.17, 15) is 9.59 Å². The zero-order valence-corrected chi connectivity index (χ0v) is 16.5. The van der Waals surface area contributed by atoms with Gasteiger partial charge in [-0.2, -0.15) is 4.99 Å². The third kappa shape index (κ3) is 4.20. The van der Waals surface area contributed by atoms with Crippen molar-refractivity contribution in [2.24, 2.45) is 4.99 Å². The van der Waals surface area contributed by atoms with Crippen LogP contribution in [0.2, 0.25) is 0 Å². The fourth-order valence-corrected chi connectivity index (χ4v) is 4.04. The maximum absolute atomic E-state index is 12.4. The summed E-state index contributed by atoms with van der Waals surface area (Å²) < 4.78 is 13.0. The molecule has 0 aliphatic carbocycles. The maximum atomic E-state index is 12.4. The first-order valence-corrected chi connectivity index (χ1v) is 9.80. The fourth-order valence-electron chi connectivity index (χ4n) is 2.99. The van der Waals surface area contributed by atoms with Crippen molar-refractivity contribution in [1.82, 2.24) is 4.57 Å². The number of carbonyl (C=O) groups excluding carboxylic acids is 2. The van der Waals surface area contributed by atoms with Crippen LogP contribution in [0.1, 0.15) is 0 Å². The topological polar surface area (TPSA) is 69.9 Å². The van der Waals surface area contributed by atoms with E-state index in [2.05, 4.69) is 4.99 Å². The Kier molecular flexibility index (Phi) is 5.39. The molecule has 0 aliphatic rings. The zero-order valence-electron chi connectivity index (χ0n) is 15.7. The van der Waals surface area contributed by atoms with E-state index >= 15 is 0 Å². The number of ether oxygens (including phenoxy) is 2. The van der Waals surface area contributed by atoms with E-state index in [1.165, 1.54) is 18.4 Å². The molecule has 7 heteroatoms. The van der Waals surface area contributed by atoms with E-state index in [0.29, 0.717) is 10.6 Å². The van der Waals surface area contributed by atoms with Crippen molar-refractivity contribution in [2.75, 3.05) is 13.7 Å². The molecule has 0 fully saturated rings. The first-order chi connectivity index (χ1) is 14.1. The second-order valence-electron chi connectivity index (χ2n) is 6.32. The Balaban J connectivity index is 1.57. The molecule has 1 aromatic heterocycles. The van der Waals surface area contributed by atoms with Gasteiger partial charge in [-0.05, 0) is 35.0 Å². The smallest absolute Gasteiger partial charge is 0.325 e. The van der Waals surface area contributed by atoms with Gasteiger partial charge in [-0.15, -0.1) is 0 Å². The zero-order chi connectivity index (χ0) is 20.2. The number of hydrogen-bond acceptors (Lipinski definition) is 5. The van der Waals surface area contributed by atoms with Crippen LogP contribution < -0.4 is 9.54 Å². The quantitative estimate of drug-likeness (QED) is 0.476. The average molecular weight is 406 g/mol. The summed E-state index contributed by atoms with van der Waals surface area (Å²) in [7, 11) is 1.33. The second kappa shape index (κ2) is 8.28. The number of fused-ring (bicyclic) bond motifs is 2. The minimum absolute atomic E-state index is 0.0157.